The fourth-order valence-corrected chi connectivity index (χ4v) is 2.69. The Balaban J connectivity index is 2.16. The Bertz CT molecular complexity index is 979. The van der Waals surface area contributed by atoms with Crippen molar-refractivity contribution < 1.29 is 8.42 Å². The molecule has 0 spiro atoms. The quantitative estimate of drug-likeness (QED) is 0.742. The number of nitrogens with one attached hydrogen (secondary N) is 2. The minimum Gasteiger partial charge on any atom is -0.337 e. The molecule has 0 unspecified atom stereocenters. The summed E-state index contributed by atoms with van der Waals surface area (Å²) in [6.07, 6.45) is 6.84. The van der Waals surface area contributed by atoms with Gasteiger partial charge in [0.25, 0.3) is 0 Å². The normalized spacial score (nSPS) is 11.4. The molecule has 0 saturated heterocycles. The van der Waals surface area contributed by atoms with Crippen molar-refractivity contribution in [2.24, 2.45) is 0 Å². The second kappa shape index (κ2) is 5.94. The van der Waals surface area contributed by atoms with Crippen molar-refractivity contribution in [3.05, 3.63) is 42.1 Å². The first-order valence-corrected chi connectivity index (χ1v) is 8.65. The van der Waals surface area contributed by atoms with Crippen LogP contribution in [0.3, 0.4) is 0 Å². The van der Waals surface area contributed by atoms with E-state index in [4.69, 9.17) is 11.6 Å². The van der Waals surface area contributed by atoms with E-state index in [1.807, 2.05) is 0 Å². The molecule has 23 heavy (non-hydrogen) atoms. The van der Waals surface area contributed by atoms with E-state index in [9.17, 15) is 8.42 Å². The van der Waals surface area contributed by atoms with Gasteiger partial charge in [-0.25, -0.2) is 18.4 Å². The van der Waals surface area contributed by atoms with Crippen LogP contribution in [0.4, 0.5) is 17.2 Å². The Kier molecular flexibility index (Phi) is 3.97. The van der Waals surface area contributed by atoms with E-state index in [1.54, 1.807) is 12.1 Å². The Hall–Kier alpha value is -2.52. The van der Waals surface area contributed by atoms with Gasteiger partial charge >= 0.3 is 0 Å². The summed E-state index contributed by atoms with van der Waals surface area (Å²) in [7, 11) is -3.52. The maximum Gasteiger partial charge on any atom is 0.229 e. The van der Waals surface area contributed by atoms with E-state index in [0.29, 0.717) is 27.6 Å². The van der Waals surface area contributed by atoms with E-state index < -0.39 is 10.0 Å². The highest BCUT2D eigenvalue weighted by Gasteiger charge is 2.15. The number of hydrogen-bond acceptors (Lipinski definition) is 7. The molecule has 3 aromatic rings. The third-order valence-electron chi connectivity index (χ3n) is 2.85. The molecule has 0 bridgehead atoms. The van der Waals surface area contributed by atoms with Gasteiger partial charge in [0.15, 0.2) is 5.82 Å². The van der Waals surface area contributed by atoms with Crippen molar-refractivity contribution in [2.45, 2.75) is 0 Å². The highest BCUT2D eigenvalue weighted by atomic mass is 35.5. The highest BCUT2D eigenvalue weighted by Crippen LogP contribution is 2.33. The van der Waals surface area contributed by atoms with E-state index >= 15 is 0 Å². The summed E-state index contributed by atoms with van der Waals surface area (Å²) >= 11 is 6.02. The van der Waals surface area contributed by atoms with Crippen LogP contribution < -0.4 is 10.0 Å². The van der Waals surface area contributed by atoms with Gasteiger partial charge in [-0.2, -0.15) is 0 Å². The van der Waals surface area contributed by atoms with E-state index in [0.717, 1.165) is 6.26 Å². The average molecular weight is 351 g/mol. The lowest BCUT2D eigenvalue weighted by molar-refractivity contribution is 0.607. The average Bonchev–Trinajstić information content (AvgIpc) is 2.50. The van der Waals surface area contributed by atoms with Crippen LogP contribution in [-0.4, -0.2) is 34.6 Å². The van der Waals surface area contributed by atoms with Gasteiger partial charge < -0.3 is 5.32 Å². The number of benzene rings is 1. The zero-order valence-electron chi connectivity index (χ0n) is 11.9. The molecule has 0 saturated carbocycles. The number of rotatable bonds is 4. The summed E-state index contributed by atoms with van der Waals surface area (Å²) in [5.74, 6) is 0.349. The first-order valence-electron chi connectivity index (χ1n) is 6.38. The number of hydrogen-bond donors (Lipinski definition) is 2. The Morgan fingerprint density at radius 2 is 1.91 bits per heavy atom. The topological polar surface area (TPSA) is 110 Å². The van der Waals surface area contributed by atoms with Crippen LogP contribution in [0.15, 0.2) is 37.1 Å². The molecule has 3 rings (SSSR count). The van der Waals surface area contributed by atoms with E-state index in [1.165, 1.54) is 24.9 Å². The molecule has 2 heterocycles. The molecule has 0 radical (unpaired) electrons. The third kappa shape index (κ3) is 3.46. The second-order valence-electron chi connectivity index (χ2n) is 4.63. The SMILES string of the molecule is CS(=O)(=O)Nc1c(Nc2ncncc2Cl)ccc2nccnc12. The molecule has 0 atom stereocenters. The van der Waals surface area contributed by atoms with Crippen molar-refractivity contribution in [1.29, 1.82) is 0 Å². The number of anilines is 3. The van der Waals surface area contributed by atoms with Gasteiger partial charge in [-0.15, -0.1) is 0 Å². The summed E-state index contributed by atoms with van der Waals surface area (Å²) in [5, 5.41) is 3.28. The molecular formula is C13H11ClN6O2S. The Morgan fingerprint density at radius 3 is 2.65 bits per heavy atom. The van der Waals surface area contributed by atoms with Crippen LogP contribution in [-0.2, 0) is 10.0 Å². The molecule has 0 aliphatic heterocycles. The van der Waals surface area contributed by atoms with Gasteiger partial charge in [0, 0.05) is 12.4 Å². The zero-order valence-corrected chi connectivity index (χ0v) is 13.4. The summed E-state index contributed by atoms with van der Waals surface area (Å²) in [5.41, 5.74) is 1.68. The summed E-state index contributed by atoms with van der Waals surface area (Å²) in [4.78, 5) is 16.2. The standard InChI is InChI=1S/C13H11ClN6O2S/c1-23(21,22)20-12-10(19-13-8(14)6-15-7-18-13)3-2-9-11(12)17-5-4-16-9/h2-7,20H,1H3,(H,15,18,19). The molecule has 0 amide bonds. The first kappa shape index (κ1) is 15.4. The van der Waals surface area contributed by atoms with Crippen LogP contribution in [0.5, 0.6) is 0 Å². The highest BCUT2D eigenvalue weighted by molar-refractivity contribution is 7.92. The summed E-state index contributed by atoms with van der Waals surface area (Å²) in [6.45, 7) is 0. The summed E-state index contributed by atoms with van der Waals surface area (Å²) in [6, 6.07) is 3.39. The maximum atomic E-state index is 11.7. The van der Waals surface area contributed by atoms with Crippen LogP contribution in [0, 0.1) is 0 Å². The van der Waals surface area contributed by atoms with Gasteiger partial charge in [-0.1, -0.05) is 11.6 Å². The third-order valence-corrected chi connectivity index (χ3v) is 3.70. The number of nitrogens with zero attached hydrogens (tertiary/aromatic N) is 4. The van der Waals surface area contributed by atoms with E-state index in [-0.39, 0.29) is 5.69 Å². The van der Waals surface area contributed by atoms with Gasteiger partial charge in [-0.05, 0) is 12.1 Å². The lowest BCUT2D eigenvalue weighted by atomic mass is 10.2. The van der Waals surface area contributed by atoms with Crippen molar-refractivity contribution in [1.82, 2.24) is 19.9 Å². The predicted octanol–water partition coefficient (Wildman–Crippen LogP) is 2.19. The molecule has 0 aliphatic rings. The monoisotopic (exact) mass is 350 g/mol. The molecule has 2 N–H and O–H groups in total. The second-order valence-corrected chi connectivity index (χ2v) is 6.79. The number of halogens is 1. The summed E-state index contributed by atoms with van der Waals surface area (Å²) < 4.78 is 25.8. The minimum atomic E-state index is -3.52. The number of fused-ring (bicyclic) bond motifs is 1. The predicted molar refractivity (Wildman–Crippen MR) is 88.3 cm³/mol. The first-order chi connectivity index (χ1) is 10.9. The van der Waals surface area contributed by atoms with E-state index in [2.05, 4.69) is 30.0 Å². The van der Waals surface area contributed by atoms with Crippen LogP contribution in [0.1, 0.15) is 0 Å². The minimum absolute atomic E-state index is 0.271. The van der Waals surface area contributed by atoms with Gasteiger partial charge in [-0.3, -0.25) is 14.7 Å². The Labute approximate surface area is 137 Å². The fourth-order valence-electron chi connectivity index (χ4n) is 1.96. The van der Waals surface area contributed by atoms with Crippen molar-refractivity contribution in [3.63, 3.8) is 0 Å². The van der Waals surface area contributed by atoms with Crippen molar-refractivity contribution in [3.8, 4) is 0 Å². The zero-order chi connectivity index (χ0) is 16.4. The van der Waals surface area contributed by atoms with Gasteiger partial charge in [0.05, 0.1) is 29.3 Å². The number of sulfonamides is 1. The van der Waals surface area contributed by atoms with Gasteiger partial charge in [0.1, 0.15) is 16.9 Å². The lowest BCUT2D eigenvalue weighted by Crippen LogP contribution is -2.12. The molecule has 1 aromatic carbocycles. The molecule has 10 heteroatoms. The van der Waals surface area contributed by atoms with Gasteiger partial charge in [0.2, 0.25) is 10.0 Å². The van der Waals surface area contributed by atoms with Crippen LogP contribution in [0.2, 0.25) is 5.02 Å². The molecule has 8 nitrogen and oxygen atoms in total. The van der Waals surface area contributed by atoms with Crippen LogP contribution in [0.25, 0.3) is 11.0 Å². The molecular weight excluding hydrogens is 340 g/mol. The molecule has 0 fully saturated rings. The van der Waals surface area contributed by atoms with Crippen LogP contribution >= 0.6 is 11.6 Å². The molecule has 118 valence electrons. The van der Waals surface area contributed by atoms with Crippen molar-refractivity contribution in [2.75, 3.05) is 16.3 Å². The fraction of sp³-hybridized carbons (Fsp3) is 0.0769. The number of aromatic nitrogens is 4. The Morgan fingerprint density at radius 1 is 1.13 bits per heavy atom. The lowest BCUT2D eigenvalue weighted by Gasteiger charge is -2.14. The largest absolute Gasteiger partial charge is 0.337 e. The maximum absolute atomic E-state index is 11.7. The van der Waals surface area contributed by atoms with Crippen molar-refractivity contribution >= 4 is 49.9 Å². The molecule has 2 aromatic heterocycles. The smallest absolute Gasteiger partial charge is 0.229 e. The molecule has 0 aliphatic carbocycles.